The summed E-state index contributed by atoms with van der Waals surface area (Å²) in [5, 5.41) is 18.2. The molecule has 0 aliphatic rings. The number of hydrogen-bond donors (Lipinski definition) is 1. The average molecular weight is 518 g/mol. The molecule has 0 saturated carbocycles. The van der Waals surface area contributed by atoms with Crippen LogP contribution in [0.2, 0.25) is 0 Å². The third kappa shape index (κ3) is 4.16. The van der Waals surface area contributed by atoms with Crippen molar-refractivity contribution < 1.29 is 0 Å². The van der Waals surface area contributed by atoms with Crippen LogP contribution in [0.4, 0.5) is 28.4 Å². The number of rotatable bonds is 5. The second kappa shape index (κ2) is 9.64. The minimum absolute atomic E-state index is 0.694. The molecule has 184 valence electrons. The van der Waals surface area contributed by atoms with Gasteiger partial charge in [-0.3, -0.25) is 0 Å². The predicted molar refractivity (Wildman–Crippen MR) is 166 cm³/mol. The Morgan fingerprint density at radius 1 is 0.615 bits per heavy atom. The van der Waals surface area contributed by atoms with Crippen LogP contribution in [0.15, 0.2) is 133 Å². The fraction of sp³-hybridized carbons (Fsp3) is 0. The van der Waals surface area contributed by atoms with Gasteiger partial charge in [-0.05, 0) is 71.4 Å². The first-order valence-electron chi connectivity index (χ1n) is 12.8. The Labute approximate surface area is 230 Å². The molecule has 0 bridgehead atoms. The molecule has 4 heteroatoms. The maximum Gasteiger partial charge on any atom is 0.101 e. The van der Waals surface area contributed by atoms with Gasteiger partial charge >= 0.3 is 0 Å². The SMILES string of the molecule is N#Cc1ccc(Nc2ccc3ccccc3c2)c2c1sc1cc(N(c3ccccc3)c3ccccc3)ccc12. The quantitative estimate of drug-likeness (QED) is 0.247. The number of fused-ring (bicyclic) bond motifs is 4. The van der Waals surface area contributed by atoms with Crippen LogP contribution >= 0.6 is 11.3 Å². The Morgan fingerprint density at radius 2 is 1.31 bits per heavy atom. The lowest BCUT2D eigenvalue weighted by molar-refractivity contribution is 1.29. The van der Waals surface area contributed by atoms with E-state index in [1.807, 2.05) is 24.3 Å². The highest BCUT2D eigenvalue weighted by atomic mass is 32.1. The van der Waals surface area contributed by atoms with Crippen LogP contribution in [0.1, 0.15) is 5.56 Å². The molecule has 0 radical (unpaired) electrons. The summed E-state index contributed by atoms with van der Waals surface area (Å²) >= 11 is 1.67. The Balaban J connectivity index is 1.38. The number of anilines is 5. The molecule has 6 aromatic carbocycles. The third-order valence-corrected chi connectivity index (χ3v) is 8.23. The predicted octanol–water partition coefficient (Wildman–Crippen LogP) is 10.3. The van der Waals surface area contributed by atoms with Crippen molar-refractivity contribution in [3.63, 3.8) is 0 Å². The summed E-state index contributed by atoms with van der Waals surface area (Å²) in [6, 6.07) is 48.6. The average Bonchev–Trinajstić information content (AvgIpc) is 3.38. The summed E-state index contributed by atoms with van der Waals surface area (Å²) in [4.78, 5) is 2.27. The first kappa shape index (κ1) is 23.0. The molecule has 1 aromatic heterocycles. The van der Waals surface area contributed by atoms with E-state index in [4.69, 9.17) is 0 Å². The van der Waals surface area contributed by atoms with E-state index >= 15 is 0 Å². The maximum atomic E-state index is 9.93. The summed E-state index contributed by atoms with van der Waals surface area (Å²) in [5.41, 5.74) is 5.99. The molecular weight excluding hydrogens is 494 g/mol. The smallest absolute Gasteiger partial charge is 0.101 e. The number of thiophene rings is 1. The zero-order valence-electron chi connectivity index (χ0n) is 21.0. The van der Waals surface area contributed by atoms with Crippen LogP contribution in [-0.4, -0.2) is 0 Å². The van der Waals surface area contributed by atoms with Crippen molar-refractivity contribution >= 4 is 70.7 Å². The van der Waals surface area contributed by atoms with E-state index in [9.17, 15) is 5.26 Å². The van der Waals surface area contributed by atoms with Gasteiger partial charge in [0, 0.05) is 43.9 Å². The largest absolute Gasteiger partial charge is 0.355 e. The van der Waals surface area contributed by atoms with Gasteiger partial charge in [0.15, 0.2) is 0 Å². The van der Waals surface area contributed by atoms with Gasteiger partial charge in [0.1, 0.15) is 6.07 Å². The zero-order chi connectivity index (χ0) is 26.2. The molecule has 0 atom stereocenters. The number of nitriles is 1. The number of nitrogens with zero attached hydrogens (tertiary/aromatic N) is 2. The van der Waals surface area contributed by atoms with Crippen molar-refractivity contribution in [1.82, 2.24) is 0 Å². The first-order chi connectivity index (χ1) is 19.3. The standard InChI is InChI=1S/C35H23N3S/c36-23-26-16-20-32(37-27-17-15-24-9-7-8-10-25(24)21-27)34-31-19-18-30(22-33(31)39-35(26)34)38(28-11-3-1-4-12-28)29-13-5-2-6-14-29/h1-22,37H. The van der Waals surface area contributed by atoms with E-state index in [0.717, 1.165) is 48.6 Å². The van der Waals surface area contributed by atoms with E-state index in [0.29, 0.717) is 5.56 Å². The molecule has 0 aliphatic carbocycles. The summed E-state index contributed by atoms with van der Waals surface area (Å²) in [7, 11) is 0. The molecule has 7 aromatic rings. The van der Waals surface area contributed by atoms with E-state index in [2.05, 4.69) is 125 Å². The topological polar surface area (TPSA) is 39.1 Å². The van der Waals surface area contributed by atoms with Crippen molar-refractivity contribution in [3.05, 3.63) is 139 Å². The molecule has 1 heterocycles. The lowest BCUT2D eigenvalue weighted by Crippen LogP contribution is -2.09. The highest BCUT2D eigenvalue weighted by molar-refractivity contribution is 7.26. The number of para-hydroxylation sites is 2. The van der Waals surface area contributed by atoms with Gasteiger partial charge in [-0.2, -0.15) is 5.26 Å². The Kier molecular flexibility index (Phi) is 5.70. The summed E-state index contributed by atoms with van der Waals surface area (Å²) in [5.74, 6) is 0. The molecule has 0 aliphatic heterocycles. The van der Waals surface area contributed by atoms with Crippen molar-refractivity contribution in [3.8, 4) is 6.07 Å². The molecule has 0 amide bonds. The Hall–Kier alpha value is -5.11. The van der Waals surface area contributed by atoms with Gasteiger partial charge in [0.05, 0.1) is 10.3 Å². The molecule has 0 unspecified atom stereocenters. The minimum atomic E-state index is 0.694. The molecule has 0 saturated heterocycles. The van der Waals surface area contributed by atoms with Crippen molar-refractivity contribution in [2.24, 2.45) is 0 Å². The number of benzene rings is 6. The normalized spacial score (nSPS) is 11.1. The van der Waals surface area contributed by atoms with E-state index in [1.165, 1.54) is 10.8 Å². The molecule has 39 heavy (non-hydrogen) atoms. The molecule has 3 nitrogen and oxygen atoms in total. The Morgan fingerprint density at radius 3 is 2.03 bits per heavy atom. The third-order valence-electron chi connectivity index (χ3n) is 7.04. The number of nitrogens with one attached hydrogen (secondary N) is 1. The minimum Gasteiger partial charge on any atom is -0.355 e. The fourth-order valence-corrected chi connectivity index (χ4v) is 6.45. The second-order valence-corrected chi connectivity index (χ2v) is 10.5. The van der Waals surface area contributed by atoms with Crippen molar-refractivity contribution in [2.75, 3.05) is 10.2 Å². The van der Waals surface area contributed by atoms with Gasteiger partial charge in [-0.15, -0.1) is 11.3 Å². The first-order valence-corrected chi connectivity index (χ1v) is 13.7. The van der Waals surface area contributed by atoms with E-state index in [-0.39, 0.29) is 0 Å². The monoisotopic (exact) mass is 517 g/mol. The van der Waals surface area contributed by atoms with Crippen LogP contribution in [0.25, 0.3) is 30.9 Å². The lowest BCUT2D eigenvalue weighted by atomic mass is 10.1. The summed E-state index contributed by atoms with van der Waals surface area (Å²) < 4.78 is 2.14. The zero-order valence-corrected chi connectivity index (χ0v) is 21.8. The van der Waals surface area contributed by atoms with Gasteiger partial charge < -0.3 is 10.2 Å². The van der Waals surface area contributed by atoms with Crippen molar-refractivity contribution in [1.29, 1.82) is 5.26 Å². The van der Waals surface area contributed by atoms with Crippen LogP contribution in [0, 0.1) is 11.3 Å². The van der Waals surface area contributed by atoms with Crippen molar-refractivity contribution in [2.45, 2.75) is 0 Å². The molecule has 1 N–H and O–H groups in total. The van der Waals surface area contributed by atoms with Gasteiger partial charge in [-0.25, -0.2) is 0 Å². The van der Waals surface area contributed by atoms with Crippen LogP contribution in [-0.2, 0) is 0 Å². The fourth-order valence-electron chi connectivity index (χ4n) is 5.22. The lowest BCUT2D eigenvalue weighted by Gasteiger charge is -2.25. The van der Waals surface area contributed by atoms with Gasteiger partial charge in [-0.1, -0.05) is 72.8 Å². The molecular formula is C35H23N3S. The summed E-state index contributed by atoms with van der Waals surface area (Å²) in [6.07, 6.45) is 0. The highest BCUT2D eigenvalue weighted by Crippen LogP contribution is 2.44. The van der Waals surface area contributed by atoms with Crippen LogP contribution in [0.3, 0.4) is 0 Å². The van der Waals surface area contributed by atoms with E-state index in [1.54, 1.807) is 11.3 Å². The van der Waals surface area contributed by atoms with Gasteiger partial charge in [0.25, 0.3) is 0 Å². The van der Waals surface area contributed by atoms with E-state index < -0.39 is 0 Å². The molecule has 0 spiro atoms. The molecule has 7 rings (SSSR count). The number of hydrogen-bond acceptors (Lipinski definition) is 4. The summed E-state index contributed by atoms with van der Waals surface area (Å²) in [6.45, 7) is 0. The Bertz CT molecular complexity index is 1960. The highest BCUT2D eigenvalue weighted by Gasteiger charge is 2.17. The van der Waals surface area contributed by atoms with Crippen LogP contribution in [0.5, 0.6) is 0 Å². The second-order valence-electron chi connectivity index (χ2n) is 9.45. The van der Waals surface area contributed by atoms with Gasteiger partial charge in [0.2, 0.25) is 0 Å². The molecule has 0 fully saturated rings. The maximum absolute atomic E-state index is 9.93. The van der Waals surface area contributed by atoms with Crippen LogP contribution < -0.4 is 10.2 Å².